The number of fused-ring (bicyclic) bond motifs is 1. The van der Waals surface area contributed by atoms with Gasteiger partial charge in [-0.2, -0.15) is 0 Å². The minimum atomic E-state index is -0.377. The van der Waals surface area contributed by atoms with Gasteiger partial charge in [0.1, 0.15) is 5.58 Å². The minimum absolute atomic E-state index is 0.0787. The molecule has 0 amide bonds. The fourth-order valence-electron chi connectivity index (χ4n) is 1.41. The van der Waals surface area contributed by atoms with Crippen LogP contribution >= 0.6 is 15.9 Å². The van der Waals surface area contributed by atoms with Crippen molar-refractivity contribution in [2.24, 2.45) is 5.73 Å². The summed E-state index contributed by atoms with van der Waals surface area (Å²) in [5.41, 5.74) is 7.34. The highest BCUT2D eigenvalue weighted by Crippen LogP contribution is 2.27. The van der Waals surface area contributed by atoms with Crippen molar-refractivity contribution in [2.45, 2.75) is 6.04 Å². The second-order valence-electron chi connectivity index (χ2n) is 3.12. The van der Waals surface area contributed by atoms with Gasteiger partial charge >= 0.3 is 0 Å². The van der Waals surface area contributed by atoms with Gasteiger partial charge in [-0.1, -0.05) is 15.9 Å². The highest BCUT2D eigenvalue weighted by Gasteiger charge is 2.12. The maximum absolute atomic E-state index is 8.94. The van der Waals surface area contributed by atoms with Gasteiger partial charge < -0.3 is 15.3 Å². The number of aliphatic hydroxyl groups excluding tert-OH is 1. The first-order chi connectivity index (χ1) is 6.72. The van der Waals surface area contributed by atoms with Crippen LogP contribution in [0, 0.1) is 0 Å². The van der Waals surface area contributed by atoms with Crippen LogP contribution in [0.5, 0.6) is 0 Å². The van der Waals surface area contributed by atoms with E-state index in [0.717, 1.165) is 21.0 Å². The van der Waals surface area contributed by atoms with Gasteiger partial charge in [-0.25, -0.2) is 0 Å². The molecule has 0 spiro atoms. The van der Waals surface area contributed by atoms with Crippen LogP contribution in [0.4, 0.5) is 0 Å². The largest absolute Gasteiger partial charge is 0.464 e. The van der Waals surface area contributed by atoms with Crippen molar-refractivity contribution < 1.29 is 9.52 Å². The zero-order valence-corrected chi connectivity index (χ0v) is 8.99. The van der Waals surface area contributed by atoms with Crippen molar-refractivity contribution >= 4 is 26.9 Å². The average Bonchev–Trinajstić information content (AvgIpc) is 2.59. The summed E-state index contributed by atoms with van der Waals surface area (Å²) in [7, 11) is 0. The first-order valence-corrected chi connectivity index (χ1v) is 5.05. The van der Waals surface area contributed by atoms with Gasteiger partial charge in [0, 0.05) is 15.4 Å². The Kier molecular flexibility index (Phi) is 2.58. The van der Waals surface area contributed by atoms with Crippen molar-refractivity contribution in [3.8, 4) is 0 Å². The number of halogens is 1. The number of rotatable bonds is 2. The fraction of sp³-hybridized carbons (Fsp3) is 0.200. The lowest BCUT2D eigenvalue weighted by atomic mass is 10.1. The van der Waals surface area contributed by atoms with E-state index < -0.39 is 0 Å². The van der Waals surface area contributed by atoms with Crippen molar-refractivity contribution in [1.29, 1.82) is 0 Å². The molecule has 0 saturated carbocycles. The van der Waals surface area contributed by atoms with Gasteiger partial charge in [0.15, 0.2) is 0 Å². The Morgan fingerprint density at radius 1 is 1.50 bits per heavy atom. The normalized spacial score (nSPS) is 13.4. The van der Waals surface area contributed by atoms with Crippen LogP contribution in [0.3, 0.4) is 0 Å². The third-order valence-corrected chi connectivity index (χ3v) is 2.66. The molecule has 1 aromatic heterocycles. The standard InChI is InChI=1S/C10H10BrNO2/c11-6-1-2-7-8(9(12)4-13)5-14-10(7)3-6/h1-3,5,9,13H,4,12H2. The molecule has 0 fully saturated rings. The van der Waals surface area contributed by atoms with Crippen LogP contribution in [0.1, 0.15) is 11.6 Å². The smallest absolute Gasteiger partial charge is 0.135 e. The quantitative estimate of drug-likeness (QED) is 0.865. The van der Waals surface area contributed by atoms with Crippen molar-refractivity contribution in [3.05, 3.63) is 34.5 Å². The number of hydrogen-bond donors (Lipinski definition) is 2. The van der Waals surface area contributed by atoms with Crippen LogP contribution in [-0.2, 0) is 0 Å². The molecule has 0 saturated heterocycles. The number of aliphatic hydroxyl groups is 1. The predicted molar refractivity (Wildman–Crippen MR) is 57.9 cm³/mol. The highest BCUT2D eigenvalue weighted by molar-refractivity contribution is 9.10. The molecule has 0 radical (unpaired) electrons. The van der Waals surface area contributed by atoms with Gasteiger partial charge in [0.25, 0.3) is 0 Å². The Hall–Kier alpha value is -0.840. The molecule has 2 aromatic rings. The molecule has 74 valence electrons. The molecule has 1 heterocycles. The van der Waals surface area contributed by atoms with Crippen molar-refractivity contribution in [3.63, 3.8) is 0 Å². The van der Waals surface area contributed by atoms with E-state index in [-0.39, 0.29) is 12.6 Å². The zero-order chi connectivity index (χ0) is 10.1. The molecule has 0 bridgehead atoms. The molecule has 1 unspecified atom stereocenters. The number of furan rings is 1. The molecule has 0 aliphatic rings. The summed E-state index contributed by atoms with van der Waals surface area (Å²) in [4.78, 5) is 0. The molecule has 1 atom stereocenters. The second kappa shape index (κ2) is 3.73. The Morgan fingerprint density at radius 2 is 2.29 bits per heavy atom. The molecule has 14 heavy (non-hydrogen) atoms. The van der Waals surface area contributed by atoms with Gasteiger partial charge in [0.2, 0.25) is 0 Å². The molecule has 3 N–H and O–H groups in total. The second-order valence-corrected chi connectivity index (χ2v) is 4.04. The number of hydrogen-bond acceptors (Lipinski definition) is 3. The highest BCUT2D eigenvalue weighted by atomic mass is 79.9. The Morgan fingerprint density at radius 3 is 3.00 bits per heavy atom. The van der Waals surface area contributed by atoms with Crippen LogP contribution in [0.25, 0.3) is 11.0 Å². The molecule has 4 heteroatoms. The summed E-state index contributed by atoms with van der Waals surface area (Å²) < 4.78 is 6.29. The van der Waals surface area contributed by atoms with Crippen molar-refractivity contribution in [1.82, 2.24) is 0 Å². The molecule has 3 nitrogen and oxygen atoms in total. The van der Waals surface area contributed by atoms with Crippen LogP contribution in [0.2, 0.25) is 0 Å². The zero-order valence-electron chi connectivity index (χ0n) is 7.40. The van der Waals surface area contributed by atoms with Crippen molar-refractivity contribution in [2.75, 3.05) is 6.61 Å². The van der Waals surface area contributed by atoms with E-state index >= 15 is 0 Å². The Balaban J connectivity index is 2.58. The van der Waals surface area contributed by atoms with E-state index in [9.17, 15) is 0 Å². The van der Waals surface area contributed by atoms with Gasteiger partial charge in [0.05, 0.1) is 18.9 Å². The van der Waals surface area contributed by atoms with E-state index in [0.29, 0.717) is 0 Å². The lowest BCUT2D eigenvalue weighted by Gasteiger charge is -2.04. The number of benzene rings is 1. The van der Waals surface area contributed by atoms with E-state index in [1.54, 1.807) is 6.26 Å². The monoisotopic (exact) mass is 255 g/mol. The first kappa shape index (κ1) is 9.71. The Labute approximate surface area is 89.6 Å². The fourth-order valence-corrected chi connectivity index (χ4v) is 1.75. The van der Waals surface area contributed by atoms with Gasteiger partial charge in [-0.05, 0) is 18.2 Å². The molecule has 2 rings (SSSR count). The predicted octanol–water partition coefficient (Wildman–Crippen LogP) is 2.19. The van der Waals surface area contributed by atoms with E-state index in [1.165, 1.54) is 0 Å². The maximum Gasteiger partial charge on any atom is 0.135 e. The van der Waals surface area contributed by atoms with E-state index in [2.05, 4.69) is 15.9 Å². The SMILES string of the molecule is NC(CO)c1coc2cc(Br)ccc12. The summed E-state index contributed by atoms with van der Waals surface area (Å²) in [5.74, 6) is 0. The lowest BCUT2D eigenvalue weighted by molar-refractivity contribution is 0.268. The molecule has 0 aliphatic carbocycles. The lowest BCUT2D eigenvalue weighted by Crippen LogP contribution is -2.13. The third-order valence-electron chi connectivity index (χ3n) is 2.16. The van der Waals surface area contributed by atoms with E-state index in [4.69, 9.17) is 15.3 Å². The van der Waals surface area contributed by atoms with Crippen LogP contribution in [0.15, 0.2) is 33.4 Å². The Bertz CT molecular complexity index is 452. The maximum atomic E-state index is 8.94. The van der Waals surface area contributed by atoms with Crippen LogP contribution in [-0.4, -0.2) is 11.7 Å². The summed E-state index contributed by atoms with van der Waals surface area (Å²) in [6.45, 7) is -0.0787. The molecular weight excluding hydrogens is 246 g/mol. The molecular formula is C10H10BrNO2. The topological polar surface area (TPSA) is 59.4 Å². The minimum Gasteiger partial charge on any atom is -0.464 e. The molecule has 1 aromatic carbocycles. The van der Waals surface area contributed by atoms with Gasteiger partial charge in [-0.3, -0.25) is 0 Å². The van der Waals surface area contributed by atoms with Gasteiger partial charge in [-0.15, -0.1) is 0 Å². The first-order valence-electron chi connectivity index (χ1n) is 4.25. The molecule has 0 aliphatic heterocycles. The number of nitrogens with two attached hydrogens (primary N) is 1. The third kappa shape index (κ3) is 1.56. The summed E-state index contributed by atoms with van der Waals surface area (Å²) in [6, 6.07) is 5.35. The van der Waals surface area contributed by atoms with E-state index in [1.807, 2.05) is 18.2 Å². The summed E-state index contributed by atoms with van der Waals surface area (Å²) in [5, 5.41) is 9.90. The summed E-state index contributed by atoms with van der Waals surface area (Å²) in [6.07, 6.45) is 1.60. The van der Waals surface area contributed by atoms with Crippen LogP contribution < -0.4 is 5.73 Å². The average molecular weight is 256 g/mol. The summed E-state index contributed by atoms with van der Waals surface area (Å²) >= 11 is 3.36.